The molecule has 8 nitrogen and oxygen atoms in total. The normalized spacial score (nSPS) is 16.1. The first-order chi connectivity index (χ1) is 12.4. The maximum atomic E-state index is 4.70. The van der Waals surface area contributed by atoms with Gasteiger partial charge in [-0.15, -0.1) is 10.2 Å². The van der Waals surface area contributed by atoms with Crippen LogP contribution in [-0.2, 0) is 6.54 Å². The highest BCUT2D eigenvalue weighted by Gasteiger charge is 2.20. The van der Waals surface area contributed by atoms with Gasteiger partial charge in [-0.05, 0) is 18.2 Å². The van der Waals surface area contributed by atoms with E-state index in [1.54, 1.807) is 12.5 Å². The summed E-state index contributed by atoms with van der Waals surface area (Å²) in [6, 6.07) is 8.10. The van der Waals surface area contributed by atoms with Crippen LogP contribution in [0, 0.1) is 0 Å². The molecular weight excluding hydrogens is 316 g/mol. The zero-order chi connectivity index (χ0) is 16.6. The van der Waals surface area contributed by atoms with Crippen molar-refractivity contribution in [2.75, 3.05) is 31.1 Å². The Bertz CT molecular complexity index is 979. The van der Waals surface area contributed by atoms with E-state index in [1.165, 1.54) is 0 Å². The molecule has 0 N–H and O–H groups in total. The second-order valence-corrected chi connectivity index (χ2v) is 6.27. The third-order valence-corrected chi connectivity index (χ3v) is 4.69. The van der Waals surface area contributed by atoms with Gasteiger partial charge in [-0.1, -0.05) is 6.07 Å². The van der Waals surface area contributed by atoms with Crippen LogP contribution in [0.2, 0.25) is 0 Å². The molecule has 1 saturated heterocycles. The number of rotatable bonds is 3. The zero-order valence-corrected chi connectivity index (χ0v) is 13.7. The van der Waals surface area contributed by atoms with Gasteiger partial charge in [-0.2, -0.15) is 0 Å². The lowest BCUT2D eigenvalue weighted by Crippen LogP contribution is -2.46. The smallest absolute Gasteiger partial charge is 0.256 e. The maximum absolute atomic E-state index is 4.70. The molecule has 4 aromatic rings. The first-order valence-electron chi connectivity index (χ1n) is 8.41. The molecule has 0 amide bonds. The second kappa shape index (κ2) is 5.82. The van der Waals surface area contributed by atoms with Gasteiger partial charge >= 0.3 is 0 Å². The van der Waals surface area contributed by atoms with Crippen molar-refractivity contribution in [3.8, 4) is 0 Å². The van der Waals surface area contributed by atoms with Crippen LogP contribution >= 0.6 is 0 Å². The van der Waals surface area contributed by atoms with Crippen molar-refractivity contribution in [2.24, 2.45) is 0 Å². The van der Waals surface area contributed by atoms with Crippen molar-refractivity contribution in [1.82, 2.24) is 33.9 Å². The van der Waals surface area contributed by atoms with Gasteiger partial charge in [0.1, 0.15) is 17.8 Å². The molecule has 0 aliphatic carbocycles. The highest BCUT2D eigenvalue weighted by Crippen LogP contribution is 2.17. The molecule has 0 aromatic carbocycles. The van der Waals surface area contributed by atoms with Crippen molar-refractivity contribution < 1.29 is 0 Å². The minimum atomic E-state index is 0.643. The summed E-state index contributed by atoms with van der Waals surface area (Å²) in [5.74, 6) is 1.74. The topological polar surface area (TPSA) is 66.9 Å². The number of pyridine rings is 1. The molecule has 0 radical (unpaired) electrons. The van der Waals surface area contributed by atoms with Crippen LogP contribution in [0.15, 0.2) is 49.2 Å². The lowest BCUT2D eigenvalue weighted by atomic mass is 10.3. The van der Waals surface area contributed by atoms with Gasteiger partial charge in [-0.25, -0.2) is 9.97 Å². The van der Waals surface area contributed by atoms with Crippen LogP contribution in [-0.4, -0.2) is 60.0 Å². The quantitative estimate of drug-likeness (QED) is 0.559. The zero-order valence-electron chi connectivity index (χ0n) is 13.7. The SMILES string of the molecule is c1ccn2cc(CN3CCN(c4ccnc5nncn45)CC3)nc2c1. The molecular formula is C17H18N8. The summed E-state index contributed by atoms with van der Waals surface area (Å²) in [5, 5.41) is 7.97. The largest absolute Gasteiger partial charge is 0.355 e. The highest BCUT2D eigenvalue weighted by molar-refractivity contribution is 5.46. The summed E-state index contributed by atoms with van der Waals surface area (Å²) in [6.45, 7) is 4.81. The Hall–Kier alpha value is -3.00. The number of hydrogen-bond acceptors (Lipinski definition) is 6. The van der Waals surface area contributed by atoms with Crippen molar-refractivity contribution in [3.05, 3.63) is 54.9 Å². The third kappa shape index (κ3) is 2.60. The van der Waals surface area contributed by atoms with E-state index < -0.39 is 0 Å². The molecule has 0 bridgehead atoms. The first kappa shape index (κ1) is 14.4. The molecule has 1 aliphatic rings. The fourth-order valence-corrected chi connectivity index (χ4v) is 3.41. The summed E-state index contributed by atoms with van der Waals surface area (Å²) in [7, 11) is 0. The van der Waals surface area contributed by atoms with Crippen molar-refractivity contribution in [2.45, 2.75) is 6.54 Å². The van der Waals surface area contributed by atoms with Gasteiger partial charge in [0.15, 0.2) is 0 Å². The molecule has 0 atom stereocenters. The molecule has 5 heterocycles. The first-order valence-corrected chi connectivity index (χ1v) is 8.41. The van der Waals surface area contributed by atoms with E-state index >= 15 is 0 Å². The Balaban J connectivity index is 1.29. The fraction of sp³-hybridized carbons (Fsp3) is 0.294. The summed E-state index contributed by atoms with van der Waals surface area (Å²) >= 11 is 0. The number of imidazole rings is 1. The molecule has 8 heteroatoms. The van der Waals surface area contributed by atoms with Crippen LogP contribution in [0.1, 0.15) is 5.69 Å². The monoisotopic (exact) mass is 334 g/mol. The van der Waals surface area contributed by atoms with Crippen LogP contribution < -0.4 is 4.90 Å². The van der Waals surface area contributed by atoms with E-state index in [4.69, 9.17) is 4.98 Å². The van der Waals surface area contributed by atoms with E-state index in [2.05, 4.69) is 35.6 Å². The minimum absolute atomic E-state index is 0.643. The molecule has 4 aromatic heterocycles. The predicted octanol–water partition coefficient (Wildman–Crippen LogP) is 1.09. The summed E-state index contributed by atoms with van der Waals surface area (Å²) < 4.78 is 4.02. The summed E-state index contributed by atoms with van der Waals surface area (Å²) in [6.07, 6.45) is 7.67. The second-order valence-electron chi connectivity index (χ2n) is 6.27. The Labute approximate surface area is 144 Å². The van der Waals surface area contributed by atoms with Gasteiger partial charge in [0, 0.05) is 51.3 Å². The lowest BCUT2D eigenvalue weighted by molar-refractivity contribution is 0.247. The Morgan fingerprint density at radius 3 is 2.84 bits per heavy atom. The minimum Gasteiger partial charge on any atom is -0.355 e. The van der Waals surface area contributed by atoms with E-state index in [0.29, 0.717) is 5.78 Å². The summed E-state index contributed by atoms with van der Waals surface area (Å²) in [4.78, 5) is 13.7. The van der Waals surface area contributed by atoms with Gasteiger partial charge in [0.25, 0.3) is 5.78 Å². The maximum Gasteiger partial charge on any atom is 0.256 e. The molecule has 1 fully saturated rings. The molecule has 25 heavy (non-hydrogen) atoms. The van der Waals surface area contributed by atoms with Crippen molar-refractivity contribution in [1.29, 1.82) is 0 Å². The molecule has 0 unspecified atom stereocenters. The molecule has 1 aliphatic heterocycles. The fourth-order valence-electron chi connectivity index (χ4n) is 3.41. The highest BCUT2D eigenvalue weighted by atomic mass is 15.3. The average molecular weight is 334 g/mol. The molecule has 0 saturated carbocycles. The van der Waals surface area contributed by atoms with Gasteiger partial charge in [0.05, 0.1) is 5.69 Å². The average Bonchev–Trinajstić information content (AvgIpc) is 3.28. The van der Waals surface area contributed by atoms with Gasteiger partial charge < -0.3 is 9.30 Å². The number of anilines is 1. The van der Waals surface area contributed by atoms with E-state index in [9.17, 15) is 0 Å². The molecule has 126 valence electrons. The van der Waals surface area contributed by atoms with Crippen LogP contribution in [0.25, 0.3) is 11.4 Å². The Morgan fingerprint density at radius 2 is 1.96 bits per heavy atom. The van der Waals surface area contributed by atoms with Crippen molar-refractivity contribution in [3.63, 3.8) is 0 Å². The number of aromatic nitrogens is 6. The molecule has 5 rings (SSSR count). The van der Waals surface area contributed by atoms with E-state index in [-0.39, 0.29) is 0 Å². The van der Waals surface area contributed by atoms with E-state index in [1.807, 2.05) is 34.9 Å². The third-order valence-electron chi connectivity index (χ3n) is 4.69. The lowest BCUT2D eigenvalue weighted by Gasteiger charge is -2.35. The van der Waals surface area contributed by atoms with Gasteiger partial charge in [-0.3, -0.25) is 9.30 Å². The number of piperazine rings is 1. The Kier molecular flexibility index (Phi) is 3.34. The van der Waals surface area contributed by atoms with E-state index in [0.717, 1.165) is 49.9 Å². The standard InChI is InChI=1S/C17H18N8/c1-2-6-24-12-14(20-15(24)3-1)11-22-7-9-23(10-8-22)16-4-5-18-17-21-19-13-25(16)17/h1-6,12-13H,7-11H2. The van der Waals surface area contributed by atoms with Gasteiger partial charge in [0.2, 0.25) is 0 Å². The van der Waals surface area contributed by atoms with Crippen LogP contribution in [0.4, 0.5) is 5.82 Å². The number of nitrogens with zero attached hydrogens (tertiary/aromatic N) is 8. The predicted molar refractivity (Wildman–Crippen MR) is 93.5 cm³/mol. The number of fused-ring (bicyclic) bond motifs is 2. The van der Waals surface area contributed by atoms with Crippen molar-refractivity contribution >= 4 is 17.2 Å². The van der Waals surface area contributed by atoms with Crippen LogP contribution in [0.3, 0.4) is 0 Å². The number of hydrogen-bond donors (Lipinski definition) is 0. The Morgan fingerprint density at radius 1 is 1.04 bits per heavy atom. The van der Waals surface area contributed by atoms with Crippen LogP contribution in [0.5, 0.6) is 0 Å². The summed E-state index contributed by atoms with van der Waals surface area (Å²) in [5.41, 5.74) is 2.12. The molecule has 0 spiro atoms.